The Bertz CT molecular complexity index is 1240. The van der Waals surface area contributed by atoms with Crippen LogP contribution < -0.4 is 10.6 Å². The lowest BCUT2D eigenvalue weighted by atomic mass is 9.68. The Balaban J connectivity index is 1.84. The highest BCUT2D eigenvalue weighted by Gasteiger charge is 2.43. The Morgan fingerprint density at radius 3 is 2.67 bits per heavy atom. The van der Waals surface area contributed by atoms with Crippen LogP contribution >= 0.6 is 0 Å². The van der Waals surface area contributed by atoms with E-state index >= 15 is 0 Å². The van der Waals surface area contributed by atoms with E-state index in [1.54, 1.807) is 31.3 Å². The molecule has 0 saturated carbocycles. The minimum absolute atomic E-state index is 0.0586. The normalized spacial score (nSPS) is 19.6. The highest BCUT2D eigenvalue weighted by molar-refractivity contribution is 6.09. The van der Waals surface area contributed by atoms with Gasteiger partial charge in [0.15, 0.2) is 5.78 Å². The minimum Gasteiger partial charge on any atom is -0.362 e. The molecular formula is C25H26N4O4. The number of ketones is 1. The number of carbonyl (C=O) groups is 2. The summed E-state index contributed by atoms with van der Waals surface area (Å²) in [6.45, 7) is 7.75. The van der Waals surface area contributed by atoms with Gasteiger partial charge in [0.05, 0.1) is 4.92 Å². The second kappa shape index (κ2) is 8.27. The second-order valence-corrected chi connectivity index (χ2v) is 9.45. The first kappa shape index (κ1) is 22.4. The number of benzene rings is 1. The van der Waals surface area contributed by atoms with Gasteiger partial charge < -0.3 is 10.6 Å². The maximum atomic E-state index is 13.5. The molecule has 0 radical (unpaired) electrons. The molecule has 1 aromatic carbocycles. The van der Waals surface area contributed by atoms with Crippen LogP contribution in [-0.2, 0) is 9.59 Å². The number of rotatable bonds is 4. The Kier molecular flexibility index (Phi) is 5.61. The first-order chi connectivity index (χ1) is 15.6. The van der Waals surface area contributed by atoms with E-state index in [1.165, 1.54) is 12.1 Å². The lowest BCUT2D eigenvalue weighted by Gasteiger charge is -2.39. The fourth-order valence-electron chi connectivity index (χ4n) is 4.68. The zero-order chi connectivity index (χ0) is 23.9. The number of nitro groups is 1. The number of pyridine rings is 1. The number of nitrogens with zero attached hydrogens (tertiary/aromatic N) is 2. The van der Waals surface area contributed by atoms with Crippen molar-refractivity contribution in [3.8, 4) is 0 Å². The lowest BCUT2D eigenvalue weighted by Crippen LogP contribution is -2.39. The number of hydrogen-bond donors (Lipinski definition) is 2. The Labute approximate surface area is 192 Å². The van der Waals surface area contributed by atoms with Crippen molar-refractivity contribution < 1.29 is 14.5 Å². The number of aryl methyl sites for hydroxylation is 1. The second-order valence-electron chi connectivity index (χ2n) is 9.45. The molecule has 8 heteroatoms. The Morgan fingerprint density at radius 1 is 1.21 bits per heavy atom. The van der Waals surface area contributed by atoms with E-state index in [4.69, 9.17) is 0 Å². The molecule has 2 aliphatic rings. The molecule has 0 unspecified atom stereocenters. The van der Waals surface area contributed by atoms with E-state index in [2.05, 4.69) is 15.6 Å². The van der Waals surface area contributed by atoms with Crippen LogP contribution in [0.4, 0.5) is 11.5 Å². The van der Waals surface area contributed by atoms with Gasteiger partial charge in [-0.2, -0.15) is 0 Å². The third-order valence-electron chi connectivity index (χ3n) is 6.06. The van der Waals surface area contributed by atoms with Gasteiger partial charge in [0.1, 0.15) is 5.82 Å². The molecule has 1 atom stereocenters. The summed E-state index contributed by atoms with van der Waals surface area (Å²) in [6.07, 6.45) is 2.59. The SMILES string of the molecule is CC1=C(C(=O)Nc2cc(C)ccn2)[C@H](c2cccc([N+](=O)[O-])c2)C2=C(CC(C)(C)CC2=O)N1. The van der Waals surface area contributed by atoms with E-state index in [0.29, 0.717) is 41.1 Å². The summed E-state index contributed by atoms with van der Waals surface area (Å²) in [5.74, 6) is -0.779. The number of dihydropyridines is 1. The van der Waals surface area contributed by atoms with Crippen molar-refractivity contribution >= 4 is 23.2 Å². The van der Waals surface area contributed by atoms with Gasteiger partial charge in [0.25, 0.3) is 11.6 Å². The quantitative estimate of drug-likeness (QED) is 0.526. The molecule has 1 aliphatic carbocycles. The van der Waals surface area contributed by atoms with Gasteiger partial charge in [-0.25, -0.2) is 4.98 Å². The first-order valence-electron chi connectivity index (χ1n) is 10.8. The van der Waals surface area contributed by atoms with Crippen molar-refractivity contribution in [1.29, 1.82) is 0 Å². The summed E-state index contributed by atoms with van der Waals surface area (Å²) in [7, 11) is 0. The average molecular weight is 447 g/mol. The molecule has 0 saturated heterocycles. The monoisotopic (exact) mass is 446 g/mol. The van der Waals surface area contributed by atoms with Gasteiger partial charge in [-0.3, -0.25) is 19.7 Å². The van der Waals surface area contributed by atoms with E-state index in [1.807, 2.05) is 26.8 Å². The minimum atomic E-state index is -0.713. The van der Waals surface area contributed by atoms with Gasteiger partial charge in [-0.1, -0.05) is 26.0 Å². The van der Waals surface area contributed by atoms with Crippen LogP contribution in [-0.4, -0.2) is 21.6 Å². The lowest BCUT2D eigenvalue weighted by molar-refractivity contribution is -0.384. The molecule has 170 valence electrons. The number of amides is 1. The molecule has 1 aromatic heterocycles. The third kappa shape index (κ3) is 4.41. The van der Waals surface area contributed by atoms with E-state index in [-0.39, 0.29) is 16.9 Å². The smallest absolute Gasteiger partial charge is 0.269 e. The average Bonchev–Trinajstić information content (AvgIpc) is 2.71. The van der Waals surface area contributed by atoms with Crippen molar-refractivity contribution in [1.82, 2.24) is 10.3 Å². The topological polar surface area (TPSA) is 114 Å². The molecule has 8 nitrogen and oxygen atoms in total. The van der Waals surface area contributed by atoms with E-state index in [0.717, 1.165) is 11.3 Å². The zero-order valence-electron chi connectivity index (χ0n) is 19.1. The number of allylic oxidation sites excluding steroid dienone is 3. The fraction of sp³-hybridized carbons (Fsp3) is 0.320. The molecule has 1 amide bonds. The molecule has 1 aliphatic heterocycles. The number of aromatic nitrogens is 1. The predicted molar refractivity (Wildman–Crippen MR) is 124 cm³/mol. The summed E-state index contributed by atoms with van der Waals surface area (Å²) in [4.78, 5) is 42.0. The number of anilines is 1. The van der Waals surface area contributed by atoms with Crippen LogP contribution in [0.2, 0.25) is 0 Å². The van der Waals surface area contributed by atoms with Gasteiger partial charge in [-0.05, 0) is 48.9 Å². The van der Waals surface area contributed by atoms with E-state index < -0.39 is 16.7 Å². The maximum Gasteiger partial charge on any atom is 0.269 e. The molecule has 2 N–H and O–H groups in total. The van der Waals surface area contributed by atoms with Crippen molar-refractivity contribution in [3.05, 3.63) is 86.4 Å². The van der Waals surface area contributed by atoms with Crippen LogP contribution in [0.15, 0.2) is 65.1 Å². The molecule has 0 fully saturated rings. The van der Waals surface area contributed by atoms with Crippen LogP contribution in [0.1, 0.15) is 50.7 Å². The maximum absolute atomic E-state index is 13.5. The predicted octanol–water partition coefficient (Wildman–Crippen LogP) is 4.54. The van der Waals surface area contributed by atoms with Gasteiger partial charge >= 0.3 is 0 Å². The summed E-state index contributed by atoms with van der Waals surface area (Å²) in [5.41, 5.74) is 3.41. The summed E-state index contributed by atoms with van der Waals surface area (Å²) in [5, 5.41) is 17.6. The Hall–Kier alpha value is -3.81. The van der Waals surface area contributed by atoms with Crippen LogP contribution in [0.25, 0.3) is 0 Å². The van der Waals surface area contributed by atoms with Gasteiger partial charge in [-0.15, -0.1) is 0 Å². The highest BCUT2D eigenvalue weighted by atomic mass is 16.6. The molecule has 0 bridgehead atoms. The van der Waals surface area contributed by atoms with Crippen molar-refractivity contribution in [2.75, 3.05) is 5.32 Å². The largest absolute Gasteiger partial charge is 0.362 e. The molecule has 33 heavy (non-hydrogen) atoms. The number of nitro benzene ring substituents is 1. The Morgan fingerprint density at radius 2 is 1.97 bits per heavy atom. The molecule has 0 spiro atoms. The zero-order valence-corrected chi connectivity index (χ0v) is 19.1. The summed E-state index contributed by atoms with van der Waals surface area (Å²) in [6, 6.07) is 9.74. The standard InChI is InChI=1S/C25H26N4O4/c1-14-8-9-26-20(10-14)28-24(31)21-15(2)27-18-12-25(3,4)13-19(30)23(18)22(21)16-6-5-7-17(11-16)29(32)33/h5-11,22,27H,12-13H2,1-4H3,(H,26,28,31)/t22-/m0/s1. The third-order valence-corrected chi connectivity index (χ3v) is 6.06. The van der Waals surface area contributed by atoms with Crippen LogP contribution in [0.3, 0.4) is 0 Å². The van der Waals surface area contributed by atoms with Gasteiger partial charge in [0.2, 0.25) is 0 Å². The fourth-order valence-corrected chi connectivity index (χ4v) is 4.68. The highest BCUT2D eigenvalue weighted by Crippen LogP contribution is 2.47. The van der Waals surface area contributed by atoms with Crippen LogP contribution in [0, 0.1) is 22.5 Å². The summed E-state index contributed by atoms with van der Waals surface area (Å²) < 4.78 is 0. The number of Topliss-reactive ketones (excluding diaryl/α,β-unsaturated/α-hetero) is 1. The van der Waals surface area contributed by atoms with Crippen molar-refractivity contribution in [2.24, 2.45) is 5.41 Å². The molecule has 4 rings (SSSR count). The van der Waals surface area contributed by atoms with Gasteiger partial charge in [0, 0.05) is 53.2 Å². The molecular weight excluding hydrogens is 420 g/mol. The van der Waals surface area contributed by atoms with Crippen LogP contribution in [0.5, 0.6) is 0 Å². The van der Waals surface area contributed by atoms with E-state index in [9.17, 15) is 19.7 Å². The van der Waals surface area contributed by atoms with Crippen molar-refractivity contribution in [2.45, 2.75) is 46.5 Å². The summed E-state index contributed by atoms with van der Waals surface area (Å²) >= 11 is 0. The molecule has 2 heterocycles. The molecule has 2 aromatic rings. The number of nitrogens with one attached hydrogen (secondary N) is 2. The number of carbonyl (C=O) groups excluding carboxylic acids is 2. The number of hydrogen-bond acceptors (Lipinski definition) is 6. The first-order valence-corrected chi connectivity index (χ1v) is 10.8. The number of non-ortho nitro benzene ring substituents is 1. The van der Waals surface area contributed by atoms with Crippen molar-refractivity contribution in [3.63, 3.8) is 0 Å².